The second-order valence-corrected chi connectivity index (χ2v) is 5.47. The molecule has 2 aromatic rings. The molecule has 3 rings (SSSR count). The molecule has 2 aromatic carbocycles. The molecule has 19 heavy (non-hydrogen) atoms. The smallest absolute Gasteiger partial charge is 0.0605 e. The van der Waals surface area contributed by atoms with E-state index in [1.807, 2.05) is 12.1 Å². The van der Waals surface area contributed by atoms with Gasteiger partial charge < -0.3 is 0 Å². The summed E-state index contributed by atoms with van der Waals surface area (Å²) in [4.78, 5) is 2.52. The molecule has 1 heterocycles. The maximum absolute atomic E-state index is 6.16. The van der Waals surface area contributed by atoms with E-state index in [0.29, 0.717) is 6.04 Å². The second-order valence-electron chi connectivity index (χ2n) is 5.03. The molecule has 1 atom stereocenters. The Morgan fingerprint density at radius 2 is 2.00 bits per heavy atom. The lowest BCUT2D eigenvalue weighted by Gasteiger charge is -2.37. The van der Waals surface area contributed by atoms with Gasteiger partial charge in [0.1, 0.15) is 0 Å². The molecule has 1 unspecified atom stereocenters. The van der Waals surface area contributed by atoms with Crippen LogP contribution in [0.15, 0.2) is 48.5 Å². The fourth-order valence-corrected chi connectivity index (χ4v) is 3.22. The molecule has 1 aliphatic heterocycles. The van der Waals surface area contributed by atoms with Gasteiger partial charge in [0.15, 0.2) is 0 Å². The maximum atomic E-state index is 6.16. The fraction of sp³-hybridized carbons (Fsp3) is 0.294. The van der Waals surface area contributed by atoms with Gasteiger partial charge in [0.25, 0.3) is 0 Å². The summed E-state index contributed by atoms with van der Waals surface area (Å²) in [6.45, 7) is 4.40. The average Bonchev–Trinajstić information content (AvgIpc) is 2.46. The predicted octanol–water partition coefficient (Wildman–Crippen LogP) is 4.31. The van der Waals surface area contributed by atoms with Gasteiger partial charge in [0, 0.05) is 11.6 Å². The molecule has 0 saturated heterocycles. The van der Waals surface area contributed by atoms with Crippen LogP contribution in [0, 0.1) is 0 Å². The van der Waals surface area contributed by atoms with Crippen molar-refractivity contribution in [3.63, 3.8) is 0 Å². The number of fused-ring (bicyclic) bond motifs is 1. The van der Waals surface area contributed by atoms with Gasteiger partial charge in [-0.05, 0) is 41.8 Å². The Balaban J connectivity index is 2.10. The third-order valence-electron chi connectivity index (χ3n) is 3.95. The number of benzene rings is 2. The van der Waals surface area contributed by atoms with Gasteiger partial charge in [0.05, 0.1) is 6.04 Å². The first-order valence-corrected chi connectivity index (χ1v) is 7.24. The summed E-state index contributed by atoms with van der Waals surface area (Å²) in [5, 5.41) is 0.816. The lowest BCUT2D eigenvalue weighted by Crippen LogP contribution is -2.35. The third kappa shape index (κ3) is 2.41. The Hall–Kier alpha value is -1.31. The minimum absolute atomic E-state index is 0.341. The monoisotopic (exact) mass is 271 g/mol. The molecule has 2 heteroatoms. The number of likely N-dealkylation sites (N-methyl/N-ethyl adjacent to an activating group) is 1. The molecular weight excluding hydrogens is 254 g/mol. The van der Waals surface area contributed by atoms with Crippen molar-refractivity contribution in [1.82, 2.24) is 4.90 Å². The average molecular weight is 272 g/mol. The van der Waals surface area contributed by atoms with Crippen molar-refractivity contribution in [3.8, 4) is 0 Å². The summed E-state index contributed by atoms with van der Waals surface area (Å²) in [5.74, 6) is 0. The Morgan fingerprint density at radius 3 is 2.79 bits per heavy atom. The third-order valence-corrected chi connectivity index (χ3v) is 4.19. The number of hydrogen-bond donors (Lipinski definition) is 0. The van der Waals surface area contributed by atoms with E-state index in [0.717, 1.165) is 24.5 Å². The van der Waals surface area contributed by atoms with Crippen LogP contribution in [0.25, 0.3) is 0 Å². The molecule has 1 aliphatic rings. The normalized spacial score (nSPS) is 19.2. The highest BCUT2D eigenvalue weighted by Crippen LogP contribution is 2.35. The Kier molecular flexibility index (Phi) is 3.58. The van der Waals surface area contributed by atoms with Crippen molar-refractivity contribution in [2.75, 3.05) is 13.1 Å². The Bertz CT molecular complexity index is 579. The number of nitrogens with zero attached hydrogens (tertiary/aromatic N) is 1. The Labute approximate surface area is 119 Å². The van der Waals surface area contributed by atoms with Crippen LogP contribution in [0.3, 0.4) is 0 Å². The first-order valence-electron chi connectivity index (χ1n) is 6.87. The summed E-state index contributed by atoms with van der Waals surface area (Å²) >= 11 is 6.16. The standard InChI is InChI=1S/C17H18ClN/c1-2-19-11-10-13-6-3-4-9-16(13)17(19)14-7-5-8-15(18)12-14/h3-9,12,17H,2,10-11H2,1H3. The molecule has 0 fully saturated rings. The fourth-order valence-electron chi connectivity index (χ4n) is 3.03. The van der Waals surface area contributed by atoms with Crippen molar-refractivity contribution >= 4 is 11.6 Å². The summed E-state index contributed by atoms with van der Waals surface area (Å²) in [7, 11) is 0. The zero-order valence-electron chi connectivity index (χ0n) is 11.1. The topological polar surface area (TPSA) is 3.24 Å². The zero-order valence-corrected chi connectivity index (χ0v) is 11.9. The number of halogens is 1. The second kappa shape index (κ2) is 5.36. The van der Waals surface area contributed by atoms with E-state index in [2.05, 4.69) is 48.2 Å². The first kappa shape index (κ1) is 12.7. The minimum Gasteiger partial charge on any atom is -0.292 e. The maximum Gasteiger partial charge on any atom is 0.0605 e. The van der Waals surface area contributed by atoms with Gasteiger partial charge in [-0.25, -0.2) is 0 Å². The van der Waals surface area contributed by atoms with Crippen molar-refractivity contribution in [2.45, 2.75) is 19.4 Å². The SMILES string of the molecule is CCN1CCc2ccccc2C1c1cccc(Cl)c1. The zero-order chi connectivity index (χ0) is 13.2. The largest absolute Gasteiger partial charge is 0.292 e. The summed E-state index contributed by atoms with van der Waals surface area (Å²) in [5.41, 5.74) is 4.19. The summed E-state index contributed by atoms with van der Waals surface area (Å²) in [6.07, 6.45) is 1.14. The summed E-state index contributed by atoms with van der Waals surface area (Å²) < 4.78 is 0. The lowest BCUT2D eigenvalue weighted by atomic mass is 9.88. The molecule has 0 aliphatic carbocycles. The van der Waals surface area contributed by atoms with E-state index in [9.17, 15) is 0 Å². The molecule has 1 nitrogen and oxygen atoms in total. The highest BCUT2D eigenvalue weighted by Gasteiger charge is 2.27. The van der Waals surface area contributed by atoms with Crippen molar-refractivity contribution in [3.05, 3.63) is 70.2 Å². The molecule has 0 N–H and O–H groups in total. The van der Waals surface area contributed by atoms with Crippen LogP contribution in [-0.2, 0) is 6.42 Å². The molecule has 0 saturated carbocycles. The predicted molar refractivity (Wildman–Crippen MR) is 80.7 cm³/mol. The first-order chi connectivity index (χ1) is 9.29. The quantitative estimate of drug-likeness (QED) is 0.787. The van der Waals surface area contributed by atoms with E-state index in [1.165, 1.54) is 16.7 Å². The van der Waals surface area contributed by atoms with Crippen LogP contribution in [-0.4, -0.2) is 18.0 Å². The van der Waals surface area contributed by atoms with E-state index in [4.69, 9.17) is 11.6 Å². The van der Waals surface area contributed by atoms with Crippen LogP contribution in [0.1, 0.15) is 29.7 Å². The van der Waals surface area contributed by atoms with Gasteiger partial charge in [-0.15, -0.1) is 0 Å². The number of rotatable bonds is 2. The van der Waals surface area contributed by atoms with Gasteiger partial charge >= 0.3 is 0 Å². The van der Waals surface area contributed by atoms with Crippen molar-refractivity contribution in [1.29, 1.82) is 0 Å². The van der Waals surface area contributed by atoms with Crippen LogP contribution < -0.4 is 0 Å². The highest BCUT2D eigenvalue weighted by atomic mass is 35.5. The van der Waals surface area contributed by atoms with Gasteiger partial charge in [-0.3, -0.25) is 4.90 Å². The van der Waals surface area contributed by atoms with Crippen LogP contribution >= 0.6 is 11.6 Å². The molecule has 0 amide bonds. The molecule has 98 valence electrons. The molecule has 0 bridgehead atoms. The van der Waals surface area contributed by atoms with E-state index in [1.54, 1.807) is 0 Å². The minimum atomic E-state index is 0.341. The molecule has 0 spiro atoms. The molecule has 0 radical (unpaired) electrons. The number of hydrogen-bond acceptors (Lipinski definition) is 1. The lowest BCUT2D eigenvalue weighted by molar-refractivity contribution is 0.225. The van der Waals surface area contributed by atoms with Crippen LogP contribution in [0.4, 0.5) is 0 Å². The van der Waals surface area contributed by atoms with E-state index in [-0.39, 0.29) is 0 Å². The molecule has 0 aromatic heterocycles. The Morgan fingerprint density at radius 1 is 1.16 bits per heavy atom. The van der Waals surface area contributed by atoms with E-state index < -0.39 is 0 Å². The van der Waals surface area contributed by atoms with E-state index >= 15 is 0 Å². The molecular formula is C17H18ClN. The van der Waals surface area contributed by atoms with Crippen LogP contribution in [0.5, 0.6) is 0 Å². The van der Waals surface area contributed by atoms with Gasteiger partial charge in [-0.1, -0.05) is 54.9 Å². The van der Waals surface area contributed by atoms with Gasteiger partial charge in [-0.2, -0.15) is 0 Å². The van der Waals surface area contributed by atoms with Crippen molar-refractivity contribution < 1.29 is 0 Å². The summed E-state index contributed by atoms with van der Waals surface area (Å²) in [6, 6.07) is 17.4. The van der Waals surface area contributed by atoms with Crippen LogP contribution in [0.2, 0.25) is 5.02 Å². The van der Waals surface area contributed by atoms with Crippen molar-refractivity contribution in [2.24, 2.45) is 0 Å². The highest BCUT2D eigenvalue weighted by molar-refractivity contribution is 6.30. The van der Waals surface area contributed by atoms with Gasteiger partial charge in [0.2, 0.25) is 0 Å².